The first-order chi connectivity index (χ1) is 16.7. The summed E-state index contributed by atoms with van der Waals surface area (Å²) in [4.78, 5) is 12.5. The Morgan fingerprint density at radius 3 is 2.11 bits per heavy atom. The summed E-state index contributed by atoms with van der Waals surface area (Å²) >= 11 is 6.42. The quantitative estimate of drug-likeness (QED) is 0.151. The lowest BCUT2D eigenvalue weighted by molar-refractivity contribution is -0.695. The summed E-state index contributed by atoms with van der Waals surface area (Å²) in [5.41, 5.74) is 1.61. The van der Waals surface area contributed by atoms with Crippen LogP contribution < -0.4 is 38.6 Å². The zero-order valence-electron chi connectivity index (χ0n) is 21.7. The van der Waals surface area contributed by atoms with Gasteiger partial charge in [-0.2, -0.15) is 4.57 Å². The van der Waals surface area contributed by atoms with Crippen molar-refractivity contribution in [3.8, 4) is 5.75 Å². The summed E-state index contributed by atoms with van der Waals surface area (Å²) in [6.45, 7) is 6.16. The zero-order valence-corrected chi connectivity index (χ0v) is 24.6. The van der Waals surface area contributed by atoms with Gasteiger partial charge in [-0.1, -0.05) is 95.2 Å². The van der Waals surface area contributed by atoms with Crippen LogP contribution in [0.2, 0.25) is 5.02 Å². The maximum atomic E-state index is 12.5. The van der Waals surface area contributed by atoms with Gasteiger partial charge in [0.25, 0.3) is 5.69 Å². The molecule has 0 aliphatic carbocycles. The predicted octanol–water partition coefficient (Wildman–Crippen LogP) is 4.66. The van der Waals surface area contributed by atoms with Crippen LogP contribution in [0.4, 0.5) is 0 Å². The van der Waals surface area contributed by atoms with Crippen molar-refractivity contribution in [1.29, 1.82) is 0 Å². The van der Waals surface area contributed by atoms with Crippen molar-refractivity contribution in [3.05, 3.63) is 58.9 Å². The van der Waals surface area contributed by atoms with E-state index in [1.165, 1.54) is 70.6 Å². The molecule has 0 bridgehead atoms. The first-order valence-electron chi connectivity index (χ1n) is 13.3. The number of aryl methyl sites for hydroxylation is 1. The van der Waals surface area contributed by atoms with Crippen molar-refractivity contribution in [3.63, 3.8) is 0 Å². The first-order valence-corrected chi connectivity index (χ1v) is 13.7. The fourth-order valence-corrected chi connectivity index (χ4v) is 4.39. The van der Waals surface area contributed by atoms with E-state index in [-0.39, 0.29) is 29.9 Å². The molecule has 0 atom stereocenters. The number of carbonyl (C=O) groups is 1. The molecule has 2 aromatic rings. The summed E-state index contributed by atoms with van der Waals surface area (Å²) in [5.74, 6) is 0.623. The summed E-state index contributed by atoms with van der Waals surface area (Å²) in [6.07, 6.45) is 17.9. The molecule has 0 unspecified atom stereocenters. The van der Waals surface area contributed by atoms with Gasteiger partial charge in [-0.3, -0.25) is 4.79 Å². The second kappa shape index (κ2) is 19.8. The predicted molar refractivity (Wildman–Crippen MR) is 142 cm³/mol. The maximum Gasteiger partial charge on any atom is 0.316 e. The molecule has 0 aliphatic rings. The molecule has 1 heterocycles. The molecule has 35 heavy (non-hydrogen) atoms. The smallest absolute Gasteiger partial charge is 0.316 e. The molecular weight excluding hydrogens is 571 g/mol. The van der Waals surface area contributed by atoms with Gasteiger partial charge in [0, 0.05) is 18.7 Å². The van der Waals surface area contributed by atoms with Crippen molar-refractivity contribution in [2.45, 2.75) is 104 Å². The Morgan fingerprint density at radius 2 is 1.51 bits per heavy atom. The molecule has 0 saturated carbocycles. The van der Waals surface area contributed by atoms with Crippen LogP contribution in [0.5, 0.6) is 5.75 Å². The third kappa shape index (κ3) is 13.0. The lowest BCUT2D eigenvalue weighted by Crippen LogP contribution is -3.00. The number of carbonyl (C=O) groups excluding carboxylic acids is 1. The number of rotatable bonds is 18. The normalized spacial score (nSPS) is 10.6. The molecule has 6 heteroatoms. The summed E-state index contributed by atoms with van der Waals surface area (Å²) in [5, 5.41) is 3.56. The number of amides is 1. The summed E-state index contributed by atoms with van der Waals surface area (Å²) in [6, 6.07) is 11.4. The molecule has 0 radical (unpaired) electrons. The standard InChI is InChI=1S/C29H43ClN2O2.HI/c1-3-5-6-7-8-9-10-11-12-13-14-17-22-34-28-20-19-25(23-26(28)30)24-31-29(33)27-18-15-16-21-32(27)4-2;/h15-16,18-21,23H,3-14,17,22,24H2,1-2H3;1H. The molecule has 0 aliphatic heterocycles. The number of hydrogen-bond acceptors (Lipinski definition) is 2. The zero-order chi connectivity index (χ0) is 24.4. The van der Waals surface area contributed by atoms with E-state index >= 15 is 0 Å². The lowest BCUT2D eigenvalue weighted by Gasteiger charge is -2.10. The summed E-state index contributed by atoms with van der Waals surface area (Å²) < 4.78 is 7.81. The van der Waals surface area contributed by atoms with Crippen LogP contribution in [-0.4, -0.2) is 12.5 Å². The highest BCUT2D eigenvalue weighted by Crippen LogP contribution is 2.26. The minimum atomic E-state index is -0.0918. The number of halogens is 2. The van der Waals surface area contributed by atoms with Gasteiger partial charge >= 0.3 is 5.91 Å². The van der Waals surface area contributed by atoms with Gasteiger partial charge in [0.05, 0.1) is 11.6 Å². The minimum absolute atomic E-state index is 0. The number of benzene rings is 1. The average molecular weight is 615 g/mol. The van der Waals surface area contributed by atoms with Crippen molar-refractivity contribution in [2.24, 2.45) is 0 Å². The number of unbranched alkanes of at least 4 members (excludes halogenated alkanes) is 11. The second-order valence-corrected chi connectivity index (χ2v) is 9.46. The maximum absolute atomic E-state index is 12.5. The van der Waals surface area contributed by atoms with Crippen LogP contribution in [0, 0.1) is 0 Å². The van der Waals surface area contributed by atoms with Crippen LogP contribution in [0.25, 0.3) is 0 Å². The van der Waals surface area contributed by atoms with Gasteiger partial charge in [0.2, 0.25) is 0 Å². The molecule has 0 fully saturated rings. The van der Waals surface area contributed by atoms with Crippen molar-refractivity contribution in [1.82, 2.24) is 5.32 Å². The molecule has 196 valence electrons. The molecular formula is C29H44ClIN2O2. The third-order valence-electron chi connectivity index (χ3n) is 6.22. The van der Waals surface area contributed by atoms with Crippen molar-refractivity contribution in [2.75, 3.05) is 6.61 Å². The van der Waals surface area contributed by atoms with Crippen molar-refractivity contribution < 1.29 is 38.1 Å². The lowest BCUT2D eigenvalue weighted by atomic mass is 10.1. The first kappa shape index (κ1) is 31.7. The Bertz CT molecular complexity index is 847. The van der Waals surface area contributed by atoms with Crippen LogP contribution in [0.15, 0.2) is 42.6 Å². The minimum Gasteiger partial charge on any atom is -1.00 e. The Hall–Kier alpha value is -1.34. The van der Waals surface area contributed by atoms with E-state index in [1.807, 2.05) is 54.1 Å². The average Bonchev–Trinajstić information content (AvgIpc) is 2.86. The number of hydrogen-bond donors (Lipinski definition) is 1. The van der Waals surface area contributed by atoms with Gasteiger partial charge in [0.1, 0.15) is 12.3 Å². The number of aromatic nitrogens is 1. The molecule has 1 amide bonds. The number of pyridine rings is 1. The van der Waals surface area contributed by atoms with Gasteiger partial charge in [-0.15, -0.1) is 0 Å². The Kier molecular flexibility index (Phi) is 17.9. The highest BCUT2D eigenvalue weighted by Gasteiger charge is 2.16. The number of ether oxygens (including phenoxy) is 1. The fourth-order valence-electron chi connectivity index (χ4n) is 4.13. The van der Waals surface area contributed by atoms with Crippen molar-refractivity contribution >= 4 is 17.5 Å². The number of nitrogens with one attached hydrogen (secondary N) is 1. The highest BCUT2D eigenvalue weighted by molar-refractivity contribution is 6.32. The largest absolute Gasteiger partial charge is 1.00 e. The van der Waals surface area contributed by atoms with E-state index in [1.54, 1.807) is 0 Å². The SMILES string of the molecule is CCCCCCCCCCCCCCOc1ccc(CNC(=O)c2cccc[n+]2CC)cc1Cl.[I-]. The highest BCUT2D eigenvalue weighted by atomic mass is 127. The van der Waals surface area contributed by atoms with Crippen LogP contribution in [0.1, 0.15) is 107 Å². The second-order valence-electron chi connectivity index (χ2n) is 9.06. The Morgan fingerprint density at radius 1 is 0.886 bits per heavy atom. The molecule has 1 N–H and O–H groups in total. The van der Waals surface area contributed by atoms with Crippen LogP contribution in [-0.2, 0) is 13.1 Å². The molecule has 2 rings (SSSR count). The van der Waals surface area contributed by atoms with E-state index < -0.39 is 0 Å². The van der Waals surface area contributed by atoms with E-state index in [4.69, 9.17) is 16.3 Å². The van der Waals surface area contributed by atoms with Crippen LogP contribution >= 0.6 is 11.6 Å². The molecule has 1 aromatic carbocycles. The molecule has 0 spiro atoms. The van der Waals surface area contributed by atoms with Crippen LogP contribution in [0.3, 0.4) is 0 Å². The fraction of sp³-hybridized carbons (Fsp3) is 0.586. The van der Waals surface area contributed by atoms with E-state index in [9.17, 15) is 4.79 Å². The van der Waals surface area contributed by atoms with Gasteiger partial charge < -0.3 is 34.0 Å². The third-order valence-corrected chi connectivity index (χ3v) is 6.51. The monoisotopic (exact) mass is 614 g/mol. The number of nitrogens with zero attached hydrogens (tertiary/aromatic N) is 1. The van der Waals surface area contributed by atoms with E-state index in [2.05, 4.69) is 12.2 Å². The van der Waals surface area contributed by atoms with Gasteiger partial charge in [-0.05, 0) is 37.1 Å². The molecule has 1 aromatic heterocycles. The molecule has 0 saturated heterocycles. The van der Waals surface area contributed by atoms with E-state index in [0.29, 0.717) is 29.6 Å². The molecule has 4 nitrogen and oxygen atoms in total. The Labute approximate surface area is 235 Å². The van der Waals surface area contributed by atoms with Gasteiger partial charge in [-0.25, -0.2) is 0 Å². The Balaban J connectivity index is 0.00000612. The topological polar surface area (TPSA) is 42.2 Å². The van der Waals surface area contributed by atoms with E-state index in [0.717, 1.165) is 18.5 Å². The van der Waals surface area contributed by atoms with Gasteiger partial charge in [0.15, 0.2) is 6.20 Å². The summed E-state index contributed by atoms with van der Waals surface area (Å²) in [7, 11) is 0.